The number of anilines is 1. The maximum atomic E-state index is 5.41. The predicted molar refractivity (Wildman–Crippen MR) is 85.8 cm³/mol. The number of rotatable bonds is 5. The Labute approximate surface area is 123 Å². The fourth-order valence-electron chi connectivity index (χ4n) is 1.94. The van der Waals surface area contributed by atoms with Crippen LogP contribution in [0.3, 0.4) is 0 Å². The first-order valence-electron chi connectivity index (χ1n) is 6.48. The van der Waals surface area contributed by atoms with Crippen molar-refractivity contribution in [1.29, 1.82) is 0 Å². The van der Waals surface area contributed by atoms with Crippen molar-refractivity contribution >= 4 is 32.4 Å². The summed E-state index contributed by atoms with van der Waals surface area (Å²) >= 11 is 3.49. The lowest BCUT2D eigenvalue weighted by Crippen LogP contribution is -2.25. The van der Waals surface area contributed by atoms with Crippen LogP contribution >= 0.6 is 15.9 Å². The zero-order chi connectivity index (χ0) is 13.9. The van der Waals surface area contributed by atoms with E-state index in [1.54, 1.807) is 7.11 Å². The Morgan fingerprint density at radius 3 is 2.53 bits per heavy atom. The highest BCUT2D eigenvalue weighted by Crippen LogP contribution is 2.23. The Hall–Kier alpha value is -1.06. The van der Waals surface area contributed by atoms with Gasteiger partial charge in [0.15, 0.2) is 0 Å². The second-order valence-corrected chi connectivity index (χ2v) is 6.26. The molecular weight excluding hydrogens is 302 g/mol. The SMILES string of the molecule is COC(C)(C)CCNc1ccc2cc(Br)ccc2c1. The van der Waals surface area contributed by atoms with E-state index in [1.165, 1.54) is 10.8 Å². The molecule has 0 saturated carbocycles. The summed E-state index contributed by atoms with van der Waals surface area (Å²) in [6, 6.07) is 12.8. The van der Waals surface area contributed by atoms with Crippen molar-refractivity contribution in [2.75, 3.05) is 19.0 Å². The average molecular weight is 322 g/mol. The summed E-state index contributed by atoms with van der Waals surface area (Å²) < 4.78 is 6.53. The summed E-state index contributed by atoms with van der Waals surface area (Å²) in [5.74, 6) is 0. The molecule has 0 spiro atoms. The van der Waals surface area contributed by atoms with Gasteiger partial charge in [0.25, 0.3) is 0 Å². The van der Waals surface area contributed by atoms with Crippen LogP contribution in [0.25, 0.3) is 10.8 Å². The van der Waals surface area contributed by atoms with Crippen LogP contribution in [-0.2, 0) is 4.74 Å². The van der Waals surface area contributed by atoms with E-state index in [2.05, 4.69) is 71.5 Å². The lowest BCUT2D eigenvalue weighted by Gasteiger charge is -2.23. The van der Waals surface area contributed by atoms with Crippen molar-refractivity contribution in [3.05, 3.63) is 40.9 Å². The molecule has 2 aromatic carbocycles. The second kappa shape index (κ2) is 5.93. The largest absolute Gasteiger partial charge is 0.385 e. The minimum Gasteiger partial charge on any atom is -0.385 e. The molecule has 102 valence electrons. The molecule has 2 nitrogen and oxygen atoms in total. The fraction of sp³-hybridized carbons (Fsp3) is 0.375. The first kappa shape index (κ1) is 14.4. The molecule has 0 heterocycles. The topological polar surface area (TPSA) is 21.3 Å². The van der Waals surface area contributed by atoms with Crippen molar-refractivity contribution in [3.8, 4) is 0 Å². The number of halogens is 1. The normalized spacial score (nSPS) is 11.8. The number of hydrogen-bond acceptors (Lipinski definition) is 2. The van der Waals surface area contributed by atoms with Gasteiger partial charge in [0.2, 0.25) is 0 Å². The number of nitrogens with one attached hydrogen (secondary N) is 1. The maximum Gasteiger partial charge on any atom is 0.0639 e. The second-order valence-electron chi connectivity index (χ2n) is 5.35. The molecule has 0 unspecified atom stereocenters. The van der Waals surface area contributed by atoms with E-state index >= 15 is 0 Å². The molecule has 0 saturated heterocycles. The van der Waals surface area contributed by atoms with Gasteiger partial charge in [0, 0.05) is 23.8 Å². The third-order valence-corrected chi connectivity index (χ3v) is 3.90. The Morgan fingerprint density at radius 1 is 1.11 bits per heavy atom. The van der Waals surface area contributed by atoms with Gasteiger partial charge in [-0.15, -0.1) is 0 Å². The highest BCUT2D eigenvalue weighted by Gasteiger charge is 2.15. The third kappa shape index (κ3) is 3.95. The van der Waals surface area contributed by atoms with E-state index in [9.17, 15) is 0 Å². The van der Waals surface area contributed by atoms with Gasteiger partial charge in [-0.3, -0.25) is 0 Å². The van der Waals surface area contributed by atoms with E-state index in [1.807, 2.05) is 0 Å². The quantitative estimate of drug-likeness (QED) is 0.851. The van der Waals surface area contributed by atoms with Crippen LogP contribution in [0.5, 0.6) is 0 Å². The van der Waals surface area contributed by atoms with Gasteiger partial charge in [-0.05, 0) is 55.3 Å². The fourth-order valence-corrected chi connectivity index (χ4v) is 2.32. The van der Waals surface area contributed by atoms with Gasteiger partial charge in [-0.1, -0.05) is 28.1 Å². The molecule has 0 radical (unpaired) electrons. The molecule has 0 fully saturated rings. The van der Waals surface area contributed by atoms with Gasteiger partial charge in [0.05, 0.1) is 5.60 Å². The van der Waals surface area contributed by atoms with E-state index in [0.717, 1.165) is 23.1 Å². The number of benzene rings is 2. The Balaban J connectivity index is 2.04. The Morgan fingerprint density at radius 2 is 1.79 bits per heavy atom. The maximum absolute atomic E-state index is 5.41. The predicted octanol–water partition coefficient (Wildman–Crippen LogP) is 4.83. The van der Waals surface area contributed by atoms with Gasteiger partial charge >= 0.3 is 0 Å². The average Bonchev–Trinajstić information content (AvgIpc) is 2.39. The number of hydrogen-bond donors (Lipinski definition) is 1. The van der Waals surface area contributed by atoms with Crippen LogP contribution in [0.1, 0.15) is 20.3 Å². The first-order chi connectivity index (χ1) is 9.00. The molecule has 0 bridgehead atoms. The molecule has 2 aromatic rings. The summed E-state index contributed by atoms with van der Waals surface area (Å²) in [4.78, 5) is 0. The molecular formula is C16H20BrNO. The smallest absolute Gasteiger partial charge is 0.0639 e. The molecule has 0 aliphatic carbocycles. The number of fused-ring (bicyclic) bond motifs is 1. The first-order valence-corrected chi connectivity index (χ1v) is 7.28. The van der Waals surface area contributed by atoms with Gasteiger partial charge < -0.3 is 10.1 Å². The van der Waals surface area contributed by atoms with Crippen LogP contribution in [0.15, 0.2) is 40.9 Å². The molecule has 3 heteroatoms. The number of ether oxygens (including phenoxy) is 1. The number of methoxy groups -OCH3 is 1. The summed E-state index contributed by atoms with van der Waals surface area (Å²) in [5, 5.41) is 5.95. The lowest BCUT2D eigenvalue weighted by atomic mass is 10.1. The van der Waals surface area contributed by atoms with Crippen LogP contribution < -0.4 is 5.32 Å². The minimum absolute atomic E-state index is 0.0747. The van der Waals surface area contributed by atoms with Gasteiger partial charge in [-0.2, -0.15) is 0 Å². The Bertz CT molecular complexity index is 566. The van der Waals surface area contributed by atoms with Gasteiger partial charge in [-0.25, -0.2) is 0 Å². The van der Waals surface area contributed by atoms with Gasteiger partial charge in [0.1, 0.15) is 0 Å². The summed E-state index contributed by atoms with van der Waals surface area (Å²) in [5.41, 5.74) is 1.08. The van der Waals surface area contributed by atoms with Crippen molar-refractivity contribution in [2.45, 2.75) is 25.9 Å². The molecule has 1 N–H and O–H groups in total. The minimum atomic E-state index is -0.0747. The molecule has 19 heavy (non-hydrogen) atoms. The van der Waals surface area contributed by atoms with Crippen LogP contribution in [0.2, 0.25) is 0 Å². The van der Waals surface area contributed by atoms with Crippen LogP contribution in [-0.4, -0.2) is 19.3 Å². The standard InChI is InChI=1S/C16H20BrNO/c1-16(2,19-3)8-9-18-15-7-5-12-10-14(17)6-4-13(12)11-15/h4-7,10-11,18H,8-9H2,1-3H3. The van der Waals surface area contributed by atoms with Crippen molar-refractivity contribution in [3.63, 3.8) is 0 Å². The van der Waals surface area contributed by atoms with Crippen LogP contribution in [0, 0.1) is 0 Å². The van der Waals surface area contributed by atoms with Crippen molar-refractivity contribution < 1.29 is 4.74 Å². The van der Waals surface area contributed by atoms with E-state index < -0.39 is 0 Å². The molecule has 0 amide bonds. The zero-order valence-corrected chi connectivity index (χ0v) is 13.3. The zero-order valence-electron chi connectivity index (χ0n) is 11.7. The monoisotopic (exact) mass is 321 g/mol. The highest BCUT2D eigenvalue weighted by atomic mass is 79.9. The Kier molecular flexibility index (Phi) is 4.48. The molecule has 0 aliphatic rings. The third-order valence-electron chi connectivity index (χ3n) is 3.41. The highest BCUT2D eigenvalue weighted by molar-refractivity contribution is 9.10. The lowest BCUT2D eigenvalue weighted by molar-refractivity contribution is 0.0185. The van der Waals surface area contributed by atoms with Crippen molar-refractivity contribution in [2.24, 2.45) is 0 Å². The van der Waals surface area contributed by atoms with E-state index in [0.29, 0.717) is 0 Å². The van der Waals surface area contributed by atoms with E-state index in [4.69, 9.17) is 4.74 Å². The van der Waals surface area contributed by atoms with Crippen LogP contribution in [0.4, 0.5) is 5.69 Å². The summed E-state index contributed by atoms with van der Waals surface area (Å²) in [7, 11) is 1.76. The van der Waals surface area contributed by atoms with Crippen molar-refractivity contribution in [1.82, 2.24) is 0 Å². The molecule has 0 aromatic heterocycles. The molecule has 0 aliphatic heterocycles. The summed E-state index contributed by atoms with van der Waals surface area (Å²) in [6.07, 6.45) is 0.974. The van der Waals surface area contributed by atoms with E-state index in [-0.39, 0.29) is 5.60 Å². The molecule has 0 atom stereocenters. The molecule has 2 rings (SSSR count). The summed E-state index contributed by atoms with van der Waals surface area (Å²) in [6.45, 7) is 5.11.